The molecule has 1 aromatic rings. The molecule has 0 spiro atoms. The lowest BCUT2D eigenvalue weighted by atomic mass is 10.1. The van der Waals surface area contributed by atoms with E-state index in [2.05, 4.69) is 11.9 Å². The maximum atomic E-state index is 11.5. The third-order valence-corrected chi connectivity index (χ3v) is 2.66. The highest BCUT2D eigenvalue weighted by Gasteiger charge is 2.08. The van der Waals surface area contributed by atoms with Crippen molar-refractivity contribution in [2.45, 2.75) is 45.4 Å². The highest BCUT2D eigenvalue weighted by molar-refractivity contribution is 5.88. The first-order valence-electron chi connectivity index (χ1n) is 6.35. The van der Waals surface area contributed by atoms with E-state index in [1.54, 1.807) is 12.3 Å². The minimum absolute atomic E-state index is 0.324. The Kier molecular flexibility index (Phi) is 6.22. The maximum Gasteiger partial charge on any atom is 0.354 e. The van der Waals surface area contributed by atoms with Crippen LogP contribution in [0.5, 0.6) is 0 Å². The van der Waals surface area contributed by atoms with E-state index in [4.69, 9.17) is 10.5 Å². The number of nitrogen functional groups attached to an aromatic ring is 1. The van der Waals surface area contributed by atoms with Gasteiger partial charge in [-0.15, -0.1) is 0 Å². The first kappa shape index (κ1) is 13.6. The Labute approximate surface area is 103 Å². The van der Waals surface area contributed by atoms with Crippen LogP contribution >= 0.6 is 0 Å². The molecule has 0 saturated heterocycles. The van der Waals surface area contributed by atoms with Crippen molar-refractivity contribution in [2.75, 3.05) is 12.3 Å². The number of H-pyrrole nitrogens is 1. The van der Waals surface area contributed by atoms with Gasteiger partial charge in [0.1, 0.15) is 5.69 Å². The van der Waals surface area contributed by atoms with Gasteiger partial charge in [-0.2, -0.15) is 0 Å². The molecule has 0 amide bonds. The third kappa shape index (κ3) is 5.43. The molecular weight excluding hydrogens is 216 g/mol. The standard InChI is InChI=1S/C13H22N2O2/c1-2-3-4-5-6-7-8-17-13(16)12-9-11(14)10-15-12/h9-10,15H,2-8,14H2,1H3. The van der Waals surface area contributed by atoms with Gasteiger partial charge in [-0.3, -0.25) is 0 Å². The summed E-state index contributed by atoms with van der Waals surface area (Å²) in [4.78, 5) is 14.3. The second-order valence-electron chi connectivity index (χ2n) is 4.25. The van der Waals surface area contributed by atoms with Crippen molar-refractivity contribution in [1.82, 2.24) is 4.98 Å². The highest BCUT2D eigenvalue weighted by atomic mass is 16.5. The lowest BCUT2D eigenvalue weighted by Crippen LogP contribution is -2.06. The number of hydrogen-bond acceptors (Lipinski definition) is 3. The van der Waals surface area contributed by atoms with Crippen LogP contribution in [0.1, 0.15) is 55.9 Å². The average Bonchev–Trinajstić information content (AvgIpc) is 2.74. The molecule has 3 N–H and O–H groups in total. The lowest BCUT2D eigenvalue weighted by molar-refractivity contribution is 0.0491. The number of nitrogens with two attached hydrogens (primary N) is 1. The number of rotatable bonds is 8. The molecule has 4 nitrogen and oxygen atoms in total. The van der Waals surface area contributed by atoms with Crippen molar-refractivity contribution >= 4 is 11.7 Å². The number of carbonyl (C=O) groups is 1. The molecule has 0 saturated carbocycles. The Morgan fingerprint density at radius 3 is 2.65 bits per heavy atom. The minimum atomic E-state index is -0.324. The Balaban J connectivity index is 2.05. The predicted octanol–water partition coefficient (Wildman–Crippen LogP) is 3.11. The number of unbranched alkanes of at least 4 members (excludes halogenated alkanes) is 5. The molecule has 96 valence electrons. The fourth-order valence-corrected chi connectivity index (χ4v) is 1.65. The highest BCUT2D eigenvalue weighted by Crippen LogP contribution is 2.08. The molecular formula is C13H22N2O2. The van der Waals surface area contributed by atoms with Crippen LogP contribution in [0.4, 0.5) is 5.69 Å². The van der Waals surface area contributed by atoms with Crippen molar-refractivity contribution in [1.29, 1.82) is 0 Å². The van der Waals surface area contributed by atoms with Gasteiger partial charge in [0.2, 0.25) is 0 Å². The fraction of sp³-hybridized carbons (Fsp3) is 0.615. The van der Waals surface area contributed by atoms with Crippen LogP contribution in [-0.2, 0) is 4.74 Å². The van der Waals surface area contributed by atoms with Gasteiger partial charge in [0.25, 0.3) is 0 Å². The third-order valence-electron chi connectivity index (χ3n) is 2.66. The minimum Gasteiger partial charge on any atom is -0.461 e. The van der Waals surface area contributed by atoms with Crippen LogP contribution in [0.25, 0.3) is 0 Å². The van der Waals surface area contributed by atoms with E-state index in [9.17, 15) is 4.79 Å². The smallest absolute Gasteiger partial charge is 0.354 e. The molecule has 0 aromatic carbocycles. The predicted molar refractivity (Wildman–Crippen MR) is 68.9 cm³/mol. The molecule has 17 heavy (non-hydrogen) atoms. The van der Waals surface area contributed by atoms with Crippen molar-refractivity contribution < 1.29 is 9.53 Å². The summed E-state index contributed by atoms with van der Waals surface area (Å²) in [5, 5.41) is 0. The first-order valence-corrected chi connectivity index (χ1v) is 6.35. The molecule has 0 bridgehead atoms. The van der Waals surface area contributed by atoms with Gasteiger partial charge in [-0.25, -0.2) is 4.79 Å². The topological polar surface area (TPSA) is 68.1 Å². The summed E-state index contributed by atoms with van der Waals surface area (Å²) in [6.07, 6.45) is 8.69. The quantitative estimate of drug-likeness (QED) is 0.540. The second kappa shape index (κ2) is 7.76. The Hall–Kier alpha value is -1.45. The van der Waals surface area contributed by atoms with E-state index >= 15 is 0 Å². The number of esters is 1. The van der Waals surface area contributed by atoms with Gasteiger partial charge >= 0.3 is 5.97 Å². The number of carbonyl (C=O) groups excluding carboxylic acids is 1. The van der Waals surface area contributed by atoms with Crippen LogP contribution in [0.2, 0.25) is 0 Å². The number of ether oxygens (including phenoxy) is 1. The molecule has 0 aliphatic rings. The normalized spacial score (nSPS) is 10.4. The zero-order valence-corrected chi connectivity index (χ0v) is 10.5. The lowest BCUT2D eigenvalue weighted by Gasteiger charge is -2.03. The summed E-state index contributed by atoms with van der Waals surface area (Å²) in [5.41, 5.74) is 6.48. The molecule has 0 unspecified atom stereocenters. The van der Waals surface area contributed by atoms with Gasteiger partial charge in [0.15, 0.2) is 0 Å². The SMILES string of the molecule is CCCCCCCCOC(=O)c1cc(N)c[nH]1. The van der Waals surface area contributed by atoms with Gasteiger partial charge in [0, 0.05) is 6.20 Å². The van der Waals surface area contributed by atoms with Crippen molar-refractivity contribution in [3.05, 3.63) is 18.0 Å². The summed E-state index contributed by atoms with van der Waals surface area (Å²) >= 11 is 0. The first-order chi connectivity index (χ1) is 8.24. The zero-order valence-electron chi connectivity index (χ0n) is 10.5. The van der Waals surface area contributed by atoms with Crippen LogP contribution in [0, 0.1) is 0 Å². The Morgan fingerprint density at radius 1 is 1.29 bits per heavy atom. The second-order valence-corrected chi connectivity index (χ2v) is 4.25. The Morgan fingerprint density at radius 2 is 2.00 bits per heavy atom. The number of hydrogen-bond donors (Lipinski definition) is 2. The van der Waals surface area contributed by atoms with E-state index in [-0.39, 0.29) is 5.97 Å². The van der Waals surface area contributed by atoms with Crippen LogP contribution in [0.3, 0.4) is 0 Å². The molecule has 0 radical (unpaired) electrons. The number of aromatic amines is 1. The van der Waals surface area contributed by atoms with Gasteiger partial charge < -0.3 is 15.5 Å². The monoisotopic (exact) mass is 238 g/mol. The number of anilines is 1. The van der Waals surface area contributed by atoms with Gasteiger partial charge in [0.05, 0.1) is 12.3 Å². The Bertz CT molecular complexity index is 334. The van der Waals surface area contributed by atoms with E-state index in [1.165, 1.54) is 25.7 Å². The molecule has 0 fully saturated rings. The van der Waals surface area contributed by atoms with Gasteiger partial charge in [-0.05, 0) is 12.5 Å². The fourth-order valence-electron chi connectivity index (χ4n) is 1.65. The molecule has 0 aliphatic heterocycles. The molecule has 0 atom stereocenters. The van der Waals surface area contributed by atoms with Crippen molar-refractivity contribution in [3.63, 3.8) is 0 Å². The summed E-state index contributed by atoms with van der Waals surface area (Å²) < 4.78 is 5.12. The van der Waals surface area contributed by atoms with Crippen molar-refractivity contribution in [2.24, 2.45) is 0 Å². The largest absolute Gasteiger partial charge is 0.461 e. The van der Waals surface area contributed by atoms with Crippen LogP contribution in [-0.4, -0.2) is 17.6 Å². The number of nitrogens with one attached hydrogen (secondary N) is 1. The summed E-state index contributed by atoms with van der Waals surface area (Å²) in [6, 6.07) is 1.59. The average molecular weight is 238 g/mol. The summed E-state index contributed by atoms with van der Waals surface area (Å²) in [5.74, 6) is -0.324. The number of aromatic nitrogens is 1. The van der Waals surface area contributed by atoms with Gasteiger partial charge in [-0.1, -0.05) is 39.0 Å². The van der Waals surface area contributed by atoms with Crippen molar-refractivity contribution in [3.8, 4) is 0 Å². The van der Waals surface area contributed by atoms with E-state index in [0.717, 1.165) is 12.8 Å². The molecule has 1 heterocycles. The van der Waals surface area contributed by atoms with Crippen LogP contribution in [0.15, 0.2) is 12.3 Å². The van der Waals surface area contributed by atoms with Crippen LogP contribution < -0.4 is 5.73 Å². The molecule has 1 rings (SSSR count). The van der Waals surface area contributed by atoms with E-state index in [1.807, 2.05) is 0 Å². The molecule has 1 aromatic heterocycles. The summed E-state index contributed by atoms with van der Waals surface area (Å²) in [7, 11) is 0. The molecule has 0 aliphatic carbocycles. The molecule has 4 heteroatoms. The summed E-state index contributed by atoms with van der Waals surface area (Å²) in [6.45, 7) is 2.69. The van der Waals surface area contributed by atoms with E-state index in [0.29, 0.717) is 18.0 Å². The maximum absolute atomic E-state index is 11.5. The zero-order chi connectivity index (χ0) is 12.5. The van der Waals surface area contributed by atoms with E-state index < -0.39 is 0 Å².